The van der Waals surface area contributed by atoms with Gasteiger partial charge in [-0.15, -0.1) is 0 Å². The van der Waals surface area contributed by atoms with E-state index >= 15 is 0 Å². The van der Waals surface area contributed by atoms with Crippen molar-refractivity contribution in [1.82, 2.24) is 0 Å². The Kier molecular flexibility index (Phi) is 7.08. The van der Waals surface area contributed by atoms with Crippen molar-refractivity contribution < 1.29 is 17.9 Å². The average molecular weight is 425 g/mol. The maximum Gasteiger partial charge on any atom is 0.261 e. The minimum Gasteiger partial charge on any atom is -0.494 e. The van der Waals surface area contributed by atoms with Crippen LogP contribution < -0.4 is 14.8 Å². The monoisotopic (exact) mass is 424 g/mol. The van der Waals surface area contributed by atoms with E-state index in [0.717, 1.165) is 11.3 Å². The number of amides is 1. The summed E-state index contributed by atoms with van der Waals surface area (Å²) < 4.78 is 33.3. The van der Waals surface area contributed by atoms with Crippen LogP contribution in [0.3, 0.4) is 0 Å². The van der Waals surface area contributed by atoms with Crippen molar-refractivity contribution in [3.8, 4) is 5.75 Å². The molecule has 0 fully saturated rings. The van der Waals surface area contributed by atoms with Gasteiger partial charge in [0.25, 0.3) is 10.0 Å². The van der Waals surface area contributed by atoms with Crippen molar-refractivity contribution in [1.29, 1.82) is 0 Å². The van der Waals surface area contributed by atoms with E-state index < -0.39 is 10.0 Å². The number of benzene rings is 3. The molecule has 7 heteroatoms. The lowest BCUT2D eigenvalue weighted by Crippen LogP contribution is -2.15. The predicted octanol–water partition coefficient (Wildman–Crippen LogP) is 4.59. The maximum absolute atomic E-state index is 12.6. The van der Waals surface area contributed by atoms with Gasteiger partial charge in [-0.2, -0.15) is 0 Å². The van der Waals surface area contributed by atoms with Crippen LogP contribution in [0.15, 0.2) is 83.8 Å². The summed E-state index contributed by atoms with van der Waals surface area (Å²) in [6.07, 6.45) is 0.867. The van der Waals surface area contributed by atoms with Crippen LogP contribution in [-0.4, -0.2) is 20.9 Å². The van der Waals surface area contributed by atoms with Crippen LogP contribution in [0.4, 0.5) is 11.4 Å². The molecular formula is C23H24N2O4S. The van der Waals surface area contributed by atoms with Crippen LogP contribution in [0.5, 0.6) is 5.75 Å². The first-order valence-electron chi connectivity index (χ1n) is 9.60. The summed E-state index contributed by atoms with van der Waals surface area (Å²) >= 11 is 0. The van der Waals surface area contributed by atoms with E-state index in [0.29, 0.717) is 30.8 Å². The summed E-state index contributed by atoms with van der Waals surface area (Å²) in [7, 11) is -3.70. The van der Waals surface area contributed by atoms with E-state index in [-0.39, 0.29) is 10.8 Å². The molecule has 6 nitrogen and oxygen atoms in total. The zero-order valence-corrected chi connectivity index (χ0v) is 17.5. The number of carbonyl (C=O) groups is 1. The topological polar surface area (TPSA) is 84.5 Å². The van der Waals surface area contributed by atoms with Crippen LogP contribution in [0, 0.1) is 6.92 Å². The molecule has 0 saturated carbocycles. The molecule has 0 spiro atoms. The lowest BCUT2D eigenvalue weighted by Gasteiger charge is -2.13. The number of anilines is 2. The zero-order valence-electron chi connectivity index (χ0n) is 16.7. The maximum atomic E-state index is 12.6. The molecule has 2 N–H and O–H groups in total. The number of hydrogen-bond donors (Lipinski definition) is 2. The van der Waals surface area contributed by atoms with Crippen molar-refractivity contribution in [3.63, 3.8) is 0 Å². The number of hydrogen-bond acceptors (Lipinski definition) is 4. The Morgan fingerprint density at radius 3 is 2.30 bits per heavy atom. The van der Waals surface area contributed by atoms with Gasteiger partial charge in [0.2, 0.25) is 5.91 Å². The fourth-order valence-corrected chi connectivity index (χ4v) is 3.92. The van der Waals surface area contributed by atoms with Crippen LogP contribution in [0.25, 0.3) is 0 Å². The van der Waals surface area contributed by atoms with Gasteiger partial charge in [-0.25, -0.2) is 8.42 Å². The normalized spacial score (nSPS) is 11.0. The smallest absolute Gasteiger partial charge is 0.261 e. The van der Waals surface area contributed by atoms with E-state index in [1.54, 1.807) is 43.3 Å². The van der Waals surface area contributed by atoms with Gasteiger partial charge in [-0.05, 0) is 55.3 Å². The molecule has 3 aromatic rings. The summed E-state index contributed by atoms with van der Waals surface area (Å²) in [5.41, 5.74) is 1.70. The van der Waals surface area contributed by atoms with Gasteiger partial charge in [0, 0.05) is 12.1 Å². The Labute approximate surface area is 177 Å². The Bertz CT molecular complexity index is 1080. The number of nitrogens with one attached hydrogen (secondary N) is 2. The number of sulfonamides is 1. The molecule has 0 radical (unpaired) electrons. The number of aryl methyl sites for hydroxylation is 1. The molecule has 0 aliphatic carbocycles. The Balaban J connectivity index is 1.56. The Morgan fingerprint density at radius 2 is 1.60 bits per heavy atom. The third-order valence-electron chi connectivity index (χ3n) is 4.38. The third kappa shape index (κ3) is 6.09. The molecule has 3 rings (SSSR count). The van der Waals surface area contributed by atoms with Gasteiger partial charge in [0.05, 0.1) is 17.2 Å². The molecule has 0 aromatic heterocycles. The summed E-state index contributed by atoms with van der Waals surface area (Å²) in [5.74, 6) is 0.610. The van der Waals surface area contributed by atoms with Crippen molar-refractivity contribution >= 4 is 27.3 Å². The highest BCUT2D eigenvalue weighted by atomic mass is 32.2. The highest BCUT2D eigenvalue weighted by Gasteiger charge is 2.15. The van der Waals surface area contributed by atoms with E-state index in [2.05, 4.69) is 10.0 Å². The summed E-state index contributed by atoms with van der Waals surface area (Å²) in [5, 5.41) is 2.80. The lowest BCUT2D eigenvalue weighted by molar-refractivity contribution is -0.116. The molecule has 156 valence electrons. The molecule has 0 aliphatic rings. The minimum atomic E-state index is -3.70. The SMILES string of the molecule is Cc1ccc(NC(=O)CCCOc2ccccc2)cc1NS(=O)(=O)c1ccccc1. The molecule has 0 saturated heterocycles. The second-order valence-electron chi connectivity index (χ2n) is 6.76. The van der Waals surface area contributed by atoms with Crippen LogP contribution in [-0.2, 0) is 14.8 Å². The highest BCUT2D eigenvalue weighted by Crippen LogP contribution is 2.23. The van der Waals surface area contributed by atoms with Crippen LogP contribution in [0.2, 0.25) is 0 Å². The first-order chi connectivity index (χ1) is 14.4. The van der Waals surface area contributed by atoms with Gasteiger partial charge in [0.1, 0.15) is 5.75 Å². The molecule has 30 heavy (non-hydrogen) atoms. The van der Waals surface area contributed by atoms with E-state index in [1.165, 1.54) is 12.1 Å². The zero-order chi connectivity index (χ0) is 21.4. The van der Waals surface area contributed by atoms with E-state index in [4.69, 9.17) is 4.74 Å². The molecular weight excluding hydrogens is 400 g/mol. The third-order valence-corrected chi connectivity index (χ3v) is 5.76. The minimum absolute atomic E-state index is 0.160. The fraction of sp³-hybridized carbons (Fsp3) is 0.174. The molecule has 0 unspecified atom stereocenters. The van der Waals surface area contributed by atoms with E-state index in [1.807, 2.05) is 30.3 Å². The predicted molar refractivity (Wildman–Crippen MR) is 118 cm³/mol. The first-order valence-corrected chi connectivity index (χ1v) is 11.1. The number of carbonyl (C=O) groups excluding carboxylic acids is 1. The fourth-order valence-electron chi connectivity index (χ4n) is 2.78. The quantitative estimate of drug-likeness (QED) is 0.492. The van der Waals surface area contributed by atoms with Crippen molar-refractivity contribution in [2.24, 2.45) is 0 Å². The second-order valence-corrected chi connectivity index (χ2v) is 8.44. The summed E-state index contributed by atoms with van der Waals surface area (Å²) in [6, 6.07) is 22.7. The molecule has 0 bridgehead atoms. The largest absolute Gasteiger partial charge is 0.494 e. The van der Waals surface area contributed by atoms with Crippen LogP contribution >= 0.6 is 0 Å². The van der Waals surface area contributed by atoms with Crippen LogP contribution in [0.1, 0.15) is 18.4 Å². The van der Waals surface area contributed by atoms with Gasteiger partial charge in [-0.3, -0.25) is 9.52 Å². The van der Waals surface area contributed by atoms with Gasteiger partial charge in [0.15, 0.2) is 0 Å². The molecule has 0 atom stereocenters. The van der Waals surface area contributed by atoms with Crippen molar-refractivity contribution in [2.75, 3.05) is 16.6 Å². The Morgan fingerprint density at radius 1 is 0.933 bits per heavy atom. The number of para-hydroxylation sites is 1. The number of ether oxygens (including phenoxy) is 1. The van der Waals surface area contributed by atoms with Gasteiger partial charge < -0.3 is 10.1 Å². The molecule has 1 amide bonds. The molecule has 3 aromatic carbocycles. The first kappa shape index (κ1) is 21.4. The lowest BCUT2D eigenvalue weighted by atomic mass is 10.2. The molecule has 0 aliphatic heterocycles. The summed E-state index contributed by atoms with van der Waals surface area (Å²) in [6.45, 7) is 2.24. The molecule has 0 heterocycles. The second kappa shape index (κ2) is 9.93. The highest BCUT2D eigenvalue weighted by molar-refractivity contribution is 7.92. The standard InChI is InChI=1S/C23H24N2O4S/c1-18-14-15-19(17-22(18)25-30(27,28)21-11-6-3-7-12-21)24-23(26)13-8-16-29-20-9-4-2-5-10-20/h2-7,9-12,14-15,17,25H,8,13,16H2,1H3,(H,24,26). The summed E-state index contributed by atoms with van der Waals surface area (Å²) in [4.78, 5) is 12.4. The van der Waals surface area contributed by atoms with Gasteiger partial charge >= 0.3 is 0 Å². The van der Waals surface area contributed by atoms with E-state index in [9.17, 15) is 13.2 Å². The Hall–Kier alpha value is -3.32. The van der Waals surface area contributed by atoms with Crippen molar-refractivity contribution in [3.05, 3.63) is 84.4 Å². The average Bonchev–Trinajstić information content (AvgIpc) is 2.75. The van der Waals surface area contributed by atoms with Gasteiger partial charge in [-0.1, -0.05) is 42.5 Å². The number of rotatable bonds is 9. The van der Waals surface area contributed by atoms with Crippen molar-refractivity contribution in [2.45, 2.75) is 24.7 Å².